The number of unbranched alkanes of at least 4 members (excludes halogenated alkanes) is 1. The fourth-order valence-electron chi connectivity index (χ4n) is 1.48. The molecule has 0 aliphatic carbocycles. The predicted octanol–water partition coefficient (Wildman–Crippen LogP) is 0.563. The fraction of sp³-hybridized carbons (Fsp3) is 1.00. The van der Waals surface area contributed by atoms with Crippen LogP contribution in [-0.2, 0) is 9.84 Å². The van der Waals surface area contributed by atoms with Crippen molar-refractivity contribution in [2.45, 2.75) is 31.4 Å². The molecule has 0 radical (unpaired) electrons. The molecule has 0 saturated carbocycles. The molecule has 1 aliphatic rings. The van der Waals surface area contributed by atoms with E-state index in [0.717, 1.165) is 19.3 Å². The first-order valence-corrected chi connectivity index (χ1v) is 6.30. The average Bonchev–Trinajstić information content (AvgIpc) is 2.02. The van der Waals surface area contributed by atoms with Gasteiger partial charge in [-0.05, 0) is 6.42 Å². The first kappa shape index (κ1) is 9.99. The molecule has 0 aromatic carbocycles. The number of nitrogens with one attached hydrogen (secondary N) is 1. The molecule has 1 unspecified atom stereocenters. The van der Waals surface area contributed by atoms with Crippen molar-refractivity contribution < 1.29 is 8.42 Å². The third kappa shape index (κ3) is 2.45. The zero-order chi connectivity index (χ0) is 9.03. The fourth-order valence-corrected chi connectivity index (χ4v) is 3.14. The van der Waals surface area contributed by atoms with E-state index in [9.17, 15) is 8.42 Å². The summed E-state index contributed by atoms with van der Waals surface area (Å²) in [7, 11) is -2.76. The Hall–Kier alpha value is -0.0900. The molecule has 1 fully saturated rings. The summed E-state index contributed by atoms with van der Waals surface area (Å²) in [6, 6.07) is 0. The van der Waals surface area contributed by atoms with Gasteiger partial charge in [-0.3, -0.25) is 0 Å². The van der Waals surface area contributed by atoms with Gasteiger partial charge in [-0.1, -0.05) is 19.8 Å². The number of hydrogen-bond donors (Lipinski definition) is 1. The third-order valence-electron chi connectivity index (χ3n) is 2.32. The van der Waals surface area contributed by atoms with Gasteiger partial charge >= 0.3 is 0 Å². The molecule has 3 nitrogen and oxygen atoms in total. The summed E-state index contributed by atoms with van der Waals surface area (Å²) < 4.78 is 22.9. The molecule has 0 bridgehead atoms. The van der Waals surface area contributed by atoms with Crippen LogP contribution in [0.4, 0.5) is 0 Å². The van der Waals surface area contributed by atoms with Gasteiger partial charge < -0.3 is 5.32 Å². The molecule has 0 spiro atoms. The zero-order valence-corrected chi connectivity index (χ0v) is 8.36. The molecule has 12 heavy (non-hydrogen) atoms. The molecule has 1 heterocycles. The van der Waals surface area contributed by atoms with Crippen molar-refractivity contribution >= 4 is 9.84 Å². The van der Waals surface area contributed by atoms with Crippen LogP contribution in [0.2, 0.25) is 0 Å². The van der Waals surface area contributed by atoms with Crippen LogP contribution < -0.4 is 5.32 Å². The summed E-state index contributed by atoms with van der Waals surface area (Å²) in [5.41, 5.74) is 0. The SMILES string of the molecule is CCCCC1CNCCS1(=O)=O. The Kier molecular flexibility index (Phi) is 3.53. The highest BCUT2D eigenvalue weighted by Crippen LogP contribution is 2.12. The lowest BCUT2D eigenvalue weighted by atomic mass is 10.2. The summed E-state index contributed by atoms with van der Waals surface area (Å²) >= 11 is 0. The van der Waals surface area contributed by atoms with Crippen molar-refractivity contribution in [2.75, 3.05) is 18.8 Å². The second kappa shape index (κ2) is 4.23. The zero-order valence-electron chi connectivity index (χ0n) is 7.54. The second-order valence-corrected chi connectivity index (χ2v) is 5.74. The van der Waals surface area contributed by atoms with Crippen LogP contribution >= 0.6 is 0 Å². The van der Waals surface area contributed by atoms with Crippen molar-refractivity contribution in [3.05, 3.63) is 0 Å². The van der Waals surface area contributed by atoms with Gasteiger partial charge in [-0.15, -0.1) is 0 Å². The monoisotopic (exact) mass is 191 g/mol. The van der Waals surface area contributed by atoms with Crippen molar-refractivity contribution in [3.8, 4) is 0 Å². The molecule has 1 saturated heterocycles. The van der Waals surface area contributed by atoms with Gasteiger partial charge in [-0.2, -0.15) is 0 Å². The molecule has 1 aliphatic heterocycles. The average molecular weight is 191 g/mol. The van der Waals surface area contributed by atoms with Crippen LogP contribution in [0, 0.1) is 0 Å². The van der Waals surface area contributed by atoms with E-state index >= 15 is 0 Å². The smallest absolute Gasteiger partial charge is 0.155 e. The highest BCUT2D eigenvalue weighted by molar-refractivity contribution is 7.92. The molecule has 72 valence electrons. The van der Waals surface area contributed by atoms with Crippen LogP contribution in [0.3, 0.4) is 0 Å². The Balaban J connectivity index is 2.49. The Labute approximate surface area is 74.5 Å². The lowest BCUT2D eigenvalue weighted by Gasteiger charge is -2.22. The maximum atomic E-state index is 11.4. The largest absolute Gasteiger partial charge is 0.314 e. The Morgan fingerprint density at radius 3 is 2.83 bits per heavy atom. The van der Waals surface area contributed by atoms with Crippen LogP contribution in [0.5, 0.6) is 0 Å². The Bertz CT molecular complexity index is 223. The van der Waals surface area contributed by atoms with Crippen LogP contribution in [-0.4, -0.2) is 32.5 Å². The highest BCUT2D eigenvalue weighted by atomic mass is 32.2. The molecule has 0 aromatic rings. The third-order valence-corrected chi connectivity index (χ3v) is 4.51. The number of rotatable bonds is 3. The minimum atomic E-state index is -2.76. The van der Waals surface area contributed by atoms with E-state index in [0.29, 0.717) is 18.8 Å². The molecule has 0 aromatic heterocycles. The van der Waals surface area contributed by atoms with E-state index in [1.165, 1.54) is 0 Å². The molecular weight excluding hydrogens is 174 g/mol. The van der Waals surface area contributed by atoms with Crippen LogP contribution in [0.15, 0.2) is 0 Å². The van der Waals surface area contributed by atoms with Crippen molar-refractivity contribution in [2.24, 2.45) is 0 Å². The van der Waals surface area contributed by atoms with E-state index in [4.69, 9.17) is 0 Å². The first-order valence-electron chi connectivity index (χ1n) is 4.59. The molecule has 1 atom stereocenters. The summed E-state index contributed by atoms with van der Waals surface area (Å²) in [6.07, 6.45) is 2.92. The van der Waals surface area contributed by atoms with Crippen molar-refractivity contribution in [1.29, 1.82) is 0 Å². The minimum Gasteiger partial charge on any atom is -0.314 e. The summed E-state index contributed by atoms with van der Waals surface area (Å²) in [5, 5.41) is 3.00. The molecule has 0 amide bonds. The topological polar surface area (TPSA) is 46.2 Å². The summed E-state index contributed by atoms with van der Waals surface area (Å²) in [6.45, 7) is 3.37. The minimum absolute atomic E-state index is 0.119. The van der Waals surface area contributed by atoms with E-state index in [2.05, 4.69) is 12.2 Å². The van der Waals surface area contributed by atoms with Gasteiger partial charge in [0.05, 0.1) is 11.0 Å². The quantitative estimate of drug-likeness (QED) is 0.709. The summed E-state index contributed by atoms with van der Waals surface area (Å²) in [4.78, 5) is 0. The number of sulfone groups is 1. The predicted molar refractivity (Wildman–Crippen MR) is 50.0 cm³/mol. The van der Waals surface area contributed by atoms with E-state index < -0.39 is 9.84 Å². The maximum Gasteiger partial charge on any atom is 0.155 e. The van der Waals surface area contributed by atoms with Gasteiger partial charge in [0, 0.05) is 13.1 Å². The van der Waals surface area contributed by atoms with Gasteiger partial charge in [0.15, 0.2) is 9.84 Å². The first-order chi connectivity index (χ1) is 5.67. The summed E-state index contributed by atoms with van der Waals surface area (Å²) in [5.74, 6) is 0.321. The highest BCUT2D eigenvalue weighted by Gasteiger charge is 2.27. The normalized spacial score (nSPS) is 28.6. The van der Waals surface area contributed by atoms with E-state index in [-0.39, 0.29) is 5.25 Å². The van der Waals surface area contributed by atoms with Gasteiger partial charge in [0.1, 0.15) is 0 Å². The van der Waals surface area contributed by atoms with E-state index in [1.807, 2.05) is 0 Å². The Morgan fingerprint density at radius 2 is 2.25 bits per heavy atom. The van der Waals surface area contributed by atoms with Crippen molar-refractivity contribution in [1.82, 2.24) is 5.32 Å². The molecular formula is C8H17NO2S. The lowest BCUT2D eigenvalue weighted by molar-refractivity contribution is 0.525. The second-order valence-electron chi connectivity index (χ2n) is 3.34. The van der Waals surface area contributed by atoms with Crippen molar-refractivity contribution in [3.63, 3.8) is 0 Å². The standard InChI is InChI=1S/C8H17NO2S/c1-2-3-4-8-7-9-5-6-12(8,10)11/h8-9H,2-7H2,1H3. The Morgan fingerprint density at radius 1 is 1.50 bits per heavy atom. The maximum absolute atomic E-state index is 11.4. The molecule has 4 heteroatoms. The number of hydrogen-bond acceptors (Lipinski definition) is 3. The lowest BCUT2D eigenvalue weighted by Crippen LogP contribution is -2.43. The van der Waals surface area contributed by atoms with E-state index in [1.54, 1.807) is 0 Å². The molecule has 1 N–H and O–H groups in total. The van der Waals surface area contributed by atoms with Gasteiger partial charge in [-0.25, -0.2) is 8.42 Å². The van der Waals surface area contributed by atoms with Gasteiger partial charge in [0.25, 0.3) is 0 Å². The molecule has 1 rings (SSSR count). The van der Waals surface area contributed by atoms with Crippen LogP contribution in [0.25, 0.3) is 0 Å². The van der Waals surface area contributed by atoms with Crippen LogP contribution in [0.1, 0.15) is 26.2 Å². The van der Waals surface area contributed by atoms with Gasteiger partial charge in [0.2, 0.25) is 0 Å².